The third-order valence-electron chi connectivity index (χ3n) is 6.24. The number of carbonyl (C=O) groups excluding carboxylic acids is 2. The van der Waals surface area contributed by atoms with E-state index in [1.165, 1.54) is 29.6 Å². The number of nitriles is 1. The predicted molar refractivity (Wildman–Crippen MR) is 116 cm³/mol. The lowest BCUT2D eigenvalue weighted by Gasteiger charge is -2.32. The molecule has 0 bridgehead atoms. The molecule has 1 saturated heterocycles. The van der Waals surface area contributed by atoms with Gasteiger partial charge in [-0.3, -0.25) is 14.4 Å². The minimum atomic E-state index is -0.607. The van der Waals surface area contributed by atoms with Crippen molar-refractivity contribution < 1.29 is 18.8 Å². The second-order valence-corrected chi connectivity index (χ2v) is 8.44. The average molecular weight is 452 g/mol. The van der Waals surface area contributed by atoms with E-state index in [2.05, 4.69) is 15.3 Å². The molecule has 1 aliphatic heterocycles. The molecule has 1 atom stereocenters. The van der Waals surface area contributed by atoms with Crippen molar-refractivity contribution in [2.24, 2.45) is 17.6 Å². The Labute approximate surface area is 190 Å². The van der Waals surface area contributed by atoms with E-state index in [0.29, 0.717) is 36.9 Å². The zero-order valence-electron chi connectivity index (χ0n) is 18.0. The fourth-order valence-electron chi connectivity index (χ4n) is 4.49. The number of amides is 2. The summed E-state index contributed by atoms with van der Waals surface area (Å²) in [4.78, 5) is 38.0. The summed E-state index contributed by atoms with van der Waals surface area (Å²) in [6, 6.07) is 7.24. The van der Waals surface area contributed by atoms with Crippen LogP contribution in [0.2, 0.25) is 0 Å². The fourth-order valence-corrected chi connectivity index (χ4v) is 4.49. The first-order chi connectivity index (χ1) is 15.9. The number of nitrogens with two attached hydrogens (primary N) is 1. The SMILES string of the molecule is N#Cc1cc(F)cc([C@@H]2CCON2C(=O)[C@H]2CC[C@H](CNc3cc(C(N)=O)ncn3)CC2)c1. The van der Waals surface area contributed by atoms with E-state index in [-0.39, 0.29) is 23.1 Å². The number of halogens is 1. The number of benzene rings is 1. The van der Waals surface area contributed by atoms with E-state index in [9.17, 15) is 14.0 Å². The van der Waals surface area contributed by atoms with Crippen LogP contribution in [-0.4, -0.2) is 40.0 Å². The van der Waals surface area contributed by atoms with Gasteiger partial charge in [-0.2, -0.15) is 5.26 Å². The van der Waals surface area contributed by atoms with Crippen LogP contribution in [0.5, 0.6) is 0 Å². The lowest BCUT2D eigenvalue weighted by Crippen LogP contribution is -2.37. The van der Waals surface area contributed by atoms with Gasteiger partial charge in [0, 0.05) is 24.9 Å². The van der Waals surface area contributed by atoms with E-state index in [1.54, 1.807) is 6.07 Å². The van der Waals surface area contributed by atoms with Crippen LogP contribution in [0.1, 0.15) is 59.8 Å². The highest BCUT2D eigenvalue weighted by Crippen LogP contribution is 2.36. The van der Waals surface area contributed by atoms with Crippen molar-refractivity contribution in [2.45, 2.75) is 38.1 Å². The quantitative estimate of drug-likeness (QED) is 0.688. The number of hydrogen-bond donors (Lipinski definition) is 2. The van der Waals surface area contributed by atoms with Crippen molar-refractivity contribution in [2.75, 3.05) is 18.5 Å². The van der Waals surface area contributed by atoms with Crippen molar-refractivity contribution in [3.05, 3.63) is 53.2 Å². The Bertz CT molecular complexity index is 1080. The first-order valence-electron chi connectivity index (χ1n) is 11.0. The summed E-state index contributed by atoms with van der Waals surface area (Å²) in [5.41, 5.74) is 6.21. The molecule has 4 rings (SSSR count). The molecule has 3 N–H and O–H groups in total. The van der Waals surface area contributed by atoms with Gasteiger partial charge >= 0.3 is 0 Å². The van der Waals surface area contributed by atoms with Crippen molar-refractivity contribution in [1.29, 1.82) is 5.26 Å². The van der Waals surface area contributed by atoms with Gasteiger partial charge in [-0.1, -0.05) is 0 Å². The summed E-state index contributed by atoms with van der Waals surface area (Å²) in [5.74, 6) is -0.457. The van der Waals surface area contributed by atoms with Gasteiger partial charge in [0.2, 0.25) is 5.91 Å². The minimum absolute atomic E-state index is 0.0893. The molecule has 10 heteroatoms. The van der Waals surface area contributed by atoms with Gasteiger partial charge in [-0.15, -0.1) is 0 Å². The lowest BCUT2D eigenvalue weighted by molar-refractivity contribution is -0.183. The van der Waals surface area contributed by atoms with E-state index in [1.807, 2.05) is 6.07 Å². The van der Waals surface area contributed by atoms with Crippen molar-refractivity contribution in [1.82, 2.24) is 15.0 Å². The monoisotopic (exact) mass is 452 g/mol. The van der Waals surface area contributed by atoms with E-state index < -0.39 is 17.8 Å². The molecular formula is C23H25FN6O3. The van der Waals surface area contributed by atoms with Crippen LogP contribution >= 0.6 is 0 Å². The molecule has 2 amide bonds. The smallest absolute Gasteiger partial charge is 0.267 e. The van der Waals surface area contributed by atoms with Crippen LogP contribution in [0.4, 0.5) is 10.2 Å². The zero-order chi connectivity index (χ0) is 23.4. The highest BCUT2D eigenvalue weighted by molar-refractivity contribution is 5.91. The fraction of sp³-hybridized carbons (Fsp3) is 0.435. The number of hydroxylamine groups is 2. The molecule has 2 aromatic rings. The normalized spacial score (nSPS) is 22.5. The van der Waals surface area contributed by atoms with Crippen LogP contribution in [0.25, 0.3) is 0 Å². The Kier molecular flexibility index (Phi) is 6.79. The van der Waals surface area contributed by atoms with Crippen LogP contribution in [-0.2, 0) is 9.63 Å². The molecule has 0 spiro atoms. The topological polar surface area (TPSA) is 134 Å². The van der Waals surface area contributed by atoms with Gasteiger partial charge < -0.3 is 11.1 Å². The van der Waals surface area contributed by atoms with Crippen LogP contribution in [0, 0.1) is 29.0 Å². The Balaban J connectivity index is 1.32. The van der Waals surface area contributed by atoms with Gasteiger partial charge in [0.05, 0.1) is 24.3 Å². The number of primary amides is 1. The number of anilines is 1. The van der Waals surface area contributed by atoms with Crippen molar-refractivity contribution >= 4 is 17.6 Å². The number of nitrogens with zero attached hydrogens (tertiary/aromatic N) is 4. The number of nitrogens with one attached hydrogen (secondary N) is 1. The summed E-state index contributed by atoms with van der Waals surface area (Å²) in [5, 5.41) is 13.7. The molecule has 2 heterocycles. The standard InChI is InChI=1S/C23H25FN6O3/c24-18-8-15(11-25)7-17(9-18)20-5-6-33-30(20)23(32)16-3-1-14(2-4-16)12-27-21-10-19(22(26)31)28-13-29-21/h7-10,13-14,16,20H,1-6,12H2,(H2,26,31)(H,27,28,29)/t14-,16-,20-/m0/s1. The Morgan fingerprint density at radius 1 is 1.18 bits per heavy atom. The van der Waals surface area contributed by atoms with Gasteiger partial charge in [-0.25, -0.2) is 19.4 Å². The summed E-state index contributed by atoms with van der Waals surface area (Å²) in [6.45, 7) is 1.04. The summed E-state index contributed by atoms with van der Waals surface area (Å²) >= 11 is 0. The molecule has 0 radical (unpaired) electrons. The van der Waals surface area contributed by atoms with E-state index in [4.69, 9.17) is 15.8 Å². The maximum Gasteiger partial charge on any atom is 0.267 e. The largest absolute Gasteiger partial charge is 0.370 e. The summed E-state index contributed by atoms with van der Waals surface area (Å²) in [7, 11) is 0. The second-order valence-electron chi connectivity index (χ2n) is 8.44. The molecule has 172 valence electrons. The molecule has 1 aromatic heterocycles. The van der Waals surface area contributed by atoms with E-state index >= 15 is 0 Å². The molecular weight excluding hydrogens is 427 g/mol. The Hall–Kier alpha value is -3.58. The Morgan fingerprint density at radius 2 is 1.97 bits per heavy atom. The number of rotatable bonds is 6. The van der Waals surface area contributed by atoms with Crippen LogP contribution in [0.3, 0.4) is 0 Å². The van der Waals surface area contributed by atoms with Gasteiger partial charge in [0.25, 0.3) is 5.91 Å². The maximum absolute atomic E-state index is 13.9. The average Bonchev–Trinajstić information content (AvgIpc) is 3.32. The van der Waals surface area contributed by atoms with Gasteiger partial charge in [0.1, 0.15) is 23.7 Å². The van der Waals surface area contributed by atoms with Gasteiger partial charge in [0.15, 0.2) is 0 Å². The van der Waals surface area contributed by atoms with Crippen molar-refractivity contribution in [3.63, 3.8) is 0 Å². The highest BCUT2D eigenvalue weighted by Gasteiger charge is 2.37. The maximum atomic E-state index is 13.9. The molecule has 2 fully saturated rings. The zero-order valence-corrected chi connectivity index (χ0v) is 18.0. The van der Waals surface area contributed by atoms with E-state index in [0.717, 1.165) is 25.7 Å². The molecule has 1 aliphatic carbocycles. The predicted octanol–water partition coefficient (Wildman–Crippen LogP) is 2.71. The van der Waals surface area contributed by atoms with Crippen LogP contribution in [0.15, 0.2) is 30.6 Å². The summed E-state index contributed by atoms with van der Waals surface area (Å²) in [6.07, 6.45) is 5.01. The highest BCUT2D eigenvalue weighted by atomic mass is 19.1. The first-order valence-corrected chi connectivity index (χ1v) is 11.0. The summed E-state index contributed by atoms with van der Waals surface area (Å²) < 4.78 is 13.9. The first kappa shape index (κ1) is 22.6. The van der Waals surface area contributed by atoms with Crippen LogP contribution < -0.4 is 11.1 Å². The molecule has 33 heavy (non-hydrogen) atoms. The van der Waals surface area contributed by atoms with Crippen molar-refractivity contribution in [3.8, 4) is 6.07 Å². The lowest BCUT2D eigenvalue weighted by atomic mass is 9.81. The third-order valence-corrected chi connectivity index (χ3v) is 6.24. The third kappa shape index (κ3) is 5.26. The molecule has 2 aliphatic rings. The number of hydrogen-bond acceptors (Lipinski definition) is 7. The molecule has 0 unspecified atom stereocenters. The Morgan fingerprint density at radius 3 is 2.70 bits per heavy atom. The second kappa shape index (κ2) is 9.92. The molecule has 1 aromatic carbocycles. The van der Waals surface area contributed by atoms with Gasteiger partial charge in [-0.05, 0) is 55.4 Å². The molecule has 9 nitrogen and oxygen atoms in total. The minimum Gasteiger partial charge on any atom is -0.370 e. The molecule has 1 saturated carbocycles. The number of aromatic nitrogens is 2. The number of carbonyl (C=O) groups is 2.